The molecule has 1 saturated heterocycles. The summed E-state index contributed by atoms with van der Waals surface area (Å²) < 4.78 is 8.96. The predicted octanol–water partition coefficient (Wildman–Crippen LogP) is -4.23. The smallest absolute Gasteiger partial charge is 0.402 e. The average molecular weight is 224 g/mol. The zero-order chi connectivity index (χ0) is 11.6. The molecule has 0 aromatic rings. The Hall–Kier alpha value is -0.255. The Labute approximate surface area is 85.5 Å². The molecule has 88 valence electrons. The summed E-state index contributed by atoms with van der Waals surface area (Å²) in [7, 11) is -2.13. The molecule has 1 rings (SSSR count). The molecular weight excluding hydrogens is 211 g/mol. The number of aliphatic hydroxyl groups excluding tert-OH is 3. The van der Waals surface area contributed by atoms with Gasteiger partial charge in [-0.15, -0.1) is 0 Å². The van der Waals surface area contributed by atoms with E-state index in [4.69, 9.17) is 19.9 Å². The maximum Gasteiger partial charge on any atom is 0.634 e. The largest absolute Gasteiger partial charge is 0.634 e. The molecule has 9 heteroatoms. The normalized spacial score (nSPS) is 40.8. The average Bonchev–Trinajstić information content (AvgIpc) is 2.41. The van der Waals surface area contributed by atoms with E-state index in [1.54, 1.807) is 0 Å². The number of hydrogen-bond acceptors (Lipinski definition) is 8. The zero-order valence-corrected chi connectivity index (χ0v) is 7.72. The molecule has 1 aliphatic rings. The van der Waals surface area contributed by atoms with Crippen molar-refractivity contribution in [2.45, 2.75) is 24.1 Å². The fourth-order valence-corrected chi connectivity index (χ4v) is 1.33. The number of aliphatic hydroxyl groups is 4. The Morgan fingerprint density at radius 2 is 1.93 bits per heavy atom. The van der Waals surface area contributed by atoms with Gasteiger partial charge in [0.05, 0.1) is 13.2 Å². The first kappa shape index (κ1) is 12.8. The summed E-state index contributed by atoms with van der Waals surface area (Å²) >= 11 is 0. The topological polar surface area (TPSA) is 140 Å². The van der Waals surface area contributed by atoms with E-state index in [9.17, 15) is 15.3 Å². The van der Waals surface area contributed by atoms with Crippen molar-refractivity contribution < 1.29 is 39.9 Å². The summed E-state index contributed by atoms with van der Waals surface area (Å²) in [4.78, 5) is 0. The van der Waals surface area contributed by atoms with Crippen molar-refractivity contribution >= 4 is 7.32 Å². The Kier molecular flexibility index (Phi) is 4.03. The highest BCUT2D eigenvalue weighted by molar-refractivity contribution is 6.32. The maximum absolute atomic E-state index is 9.59. The lowest BCUT2D eigenvalue weighted by Crippen LogP contribution is -2.48. The molecule has 0 amide bonds. The van der Waals surface area contributed by atoms with Gasteiger partial charge < -0.3 is 39.9 Å². The summed E-state index contributed by atoms with van der Waals surface area (Å²) in [6, 6.07) is 0. The Morgan fingerprint density at radius 1 is 1.33 bits per heavy atom. The molecule has 0 spiro atoms. The van der Waals surface area contributed by atoms with Crippen LogP contribution in [0.2, 0.25) is 0 Å². The van der Waals surface area contributed by atoms with E-state index in [1.165, 1.54) is 0 Å². The van der Waals surface area contributed by atoms with Gasteiger partial charge in [-0.05, 0) is 0 Å². The van der Waals surface area contributed by atoms with Crippen LogP contribution in [-0.2, 0) is 9.39 Å². The van der Waals surface area contributed by atoms with Crippen molar-refractivity contribution in [2.75, 3.05) is 13.2 Å². The summed E-state index contributed by atoms with van der Waals surface area (Å²) in [6.45, 7) is -1.35. The third-order valence-corrected chi connectivity index (χ3v) is 2.14. The van der Waals surface area contributed by atoms with Crippen LogP contribution in [0, 0.1) is 0 Å². The molecule has 1 aliphatic heterocycles. The first-order chi connectivity index (χ1) is 6.90. The molecule has 1 heterocycles. The second kappa shape index (κ2) is 4.72. The van der Waals surface area contributed by atoms with Gasteiger partial charge in [-0.3, -0.25) is 0 Å². The van der Waals surface area contributed by atoms with Gasteiger partial charge in [-0.1, -0.05) is 0 Å². The molecular formula is C6H13BO8. The monoisotopic (exact) mass is 224 g/mol. The molecule has 1 fully saturated rings. The van der Waals surface area contributed by atoms with Crippen LogP contribution < -0.4 is 0 Å². The second-order valence-electron chi connectivity index (χ2n) is 3.26. The van der Waals surface area contributed by atoms with Gasteiger partial charge >= 0.3 is 7.32 Å². The lowest BCUT2D eigenvalue weighted by molar-refractivity contribution is -0.247. The quantitative estimate of drug-likeness (QED) is 0.264. The standard InChI is InChI=1S/C6H13BO8/c8-1-3-4(9)5(10)6(11,15-3)2-14-7(12)13/h3-5,8-13H,1-2H2/t3-,4-,5+,6-/m1/s1. The molecule has 6 N–H and O–H groups in total. The summed E-state index contributed by atoms with van der Waals surface area (Å²) in [5, 5.41) is 53.7. The summed E-state index contributed by atoms with van der Waals surface area (Å²) in [5.74, 6) is -2.27. The predicted molar refractivity (Wildman–Crippen MR) is 45.1 cm³/mol. The number of rotatable bonds is 4. The van der Waals surface area contributed by atoms with Gasteiger partial charge in [0.15, 0.2) is 0 Å². The van der Waals surface area contributed by atoms with E-state index in [-0.39, 0.29) is 0 Å². The van der Waals surface area contributed by atoms with E-state index in [0.717, 1.165) is 0 Å². The van der Waals surface area contributed by atoms with Gasteiger partial charge in [-0.2, -0.15) is 0 Å². The van der Waals surface area contributed by atoms with Gasteiger partial charge in [0.1, 0.15) is 18.3 Å². The summed E-state index contributed by atoms with van der Waals surface area (Å²) in [6.07, 6.45) is -4.32. The van der Waals surface area contributed by atoms with Crippen LogP contribution in [0.3, 0.4) is 0 Å². The van der Waals surface area contributed by atoms with Gasteiger partial charge in [0, 0.05) is 0 Å². The molecule has 0 bridgehead atoms. The van der Waals surface area contributed by atoms with E-state index < -0.39 is 44.6 Å². The fourth-order valence-electron chi connectivity index (χ4n) is 1.33. The Morgan fingerprint density at radius 3 is 2.33 bits per heavy atom. The SMILES string of the molecule is OC[C@H]1O[C@](O)(COB(O)O)[C@@H](O)[C@@H]1O. The fraction of sp³-hybridized carbons (Fsp3) is 1.00. The molecule has 4 atom stereocenters. The van der Waals surface area contributed by atoms with Crippen molar-refractivity contribution in [1.29, 1.82) is 0 Å². The number of hydrogen-bond donors (Lipinski definition) is 6. The molecule has 8 nitrogen and oxygen atoms in total. The van der Waals surface area contributed by atoms with Crippen LogP contribution in [0.5, 0.6) is 0 Å². The van der Waals surface area contributed by atoms with Crippen LogP contribution in [-0.4, -0.2) is 75.1 Å². The maximum atomic E-state index is 9.59. The van der Waals surface area contributed by atoms with Gasteiger partial charge in [0.25, 0.3) is 0 Å². The van der Waals surface area contributed by atoms with Crippen molar-refractivity contribution in [3.8, 4) is 0 Å². The van der Waals surface area contributed by atoms with Gasteiger partial charge in [0.2, 0.25) is 5.79 Å². The highest BCUT2D eigenvalue weighted by Crippen LogP contribution is 2.29. The first-order valence-electron chi connectivity index (χ1n) is 4.25. The Balaban J connectivity index is 2.60. The van der Waals surface area contributed by atoms with Crippen LogP contribution in [0.25, 0.3) is 0 Å². The highest BCUT2D eigenvalue weighted by atomic mass is 16.7. The van der Waals surface area contributed by atoms with Crippen LogP contribution in [0.15, 0.2) is 0 Å². The van der Waals surface area contributed by atoms with Gasteiger partial charge in [-0.25, -0.2) is 0 Å². The van der Waals surface area contributed by atoms with E-state index in [2.05, 4.69) is 4.65 Å². The van der Waals surface area contributed by atoms with E-state index in [0.29, 0.717) is 0 Å². The first-order valence-corrected chi connectivity index (χ1v) is 4.25. The van der Waals surface area contributed by atoms with Crippen LogP contribution in [0.1, 0.15) is 0 Å². The third-order valence-electron chi connectivity index (χ3n) is 2.14. The van der Waals surface area contributed by atoms with Crippen molar-refractivity contribution in [3.63, 3.8) is 0 Å². The third kappa shape index (κ3) is 2.65. The molecule has 15 heavy (non-hydrogen) atoms. The molecule has 0 aromatic heterocycles. The van der Waals surface area contributed by atoms with Crippen molar-refractivity contribution in [2.24, 2.45) is 0 Å². The van der Waals surface area contributed by atoms with E-state index >= 15 is 0 Å². The lowest BCUT2D eigenvalue weighted by Gasteiger charge is -2.25. The van der Waals surface area contributed by atoms with Crippen molar-refractivity contribution in [1.82, 2.24) is 0 Å². The molecule has 0 radical (unpaired) electrons. The molecule has 0 aromatic carbocycles. The lowest BCUT2D eigenvalue weighted by atomic mass is 10.1. The van der Waals surface area contributed by atoms with E-state index in [1.807, 2.05) is 0 Å². The van der Waals surface area contributed by atoms with Crippen LogP contribution in [0.4, 0.5) is 0 Å². The second-order valence-corrected chi connectivity index (χ2v) is 3.26. The minimum atomic E-state index is -2.27. The minimum Gasteiger partial charge on any atom is -0.402 e. The summed E-state index contributed by atoms with van der Waals surface area (Å²) in [5.41, 5.74) is 0. The minimum absolute atomic E-state index is 0.595. The molecule has 0 aliphatic carbocycles. The Bertz CT molecular complexity index is 213. The molecule has 0 saturated carbocycles. The zero-order valence-electron chi connectivity index (χ0n) is 7.72. The van der Waals surface area contributed by atoms with Crippen molar-refractivity contribution in [3.05, 3.63) is 0 Å². The number of ether oxygens (including phenoxy) is 1. The molecule has 0 unspecified atom stereocenters. The highest BCUT2D eigenvalue weighted by Gasteiger charge is 2.53. The van der Waals surface area contributed by atoms with Crippen LogP contribution >= 0.6 is 0 Å².